The van der Waals surface area contributed by atoms with Crippen LogP contribution < -0.4 is 9.80 Å². The largest absolute Gasteiger partial charge is 0.395 e. The number of rotatable bonds is 5. The number of aromatic nitrogens is 2. The van der Waals surface area contributed by atoms with Crippen molar-refractivity contribution in [2.24, 2.45) is 4.99 Å². The molecule has 2 aromatic heterocycles. The number of piperidine rings is 1. The Balaban J connectivity index is 1.87. The van der Waals surface area contributed by atoms with Crippen molar-refractivity contribution < 1.29 is 9.90 Å². The number of hydrogen-bond acceptors (Lipinski definition) is 5. The molecule has 1 aliphatic heterocycles. The van der Waals surface area contributed by atoms with E-state index >= 15 is 0 Å². The highest BCUT2D eigenvalue weighted by Crippen LogP contribution is 2.38. The van der Waals surface area contributed by atoms with Crippen LogP contribution in [0.5, 0.6) is 0 Å². The number of aliphatic hydroxyl groups excluding tert-OH is 1. The summed E-state index contributed by atoms with van der Waals surface area (Å²) in [5.74, 6) is 0.923. The Hall–Kier alpha value is -2.77. The minimum absolute atomic E-state index is 0.0154. The number of aliphatic imine (C=N–C) groups is 1. The highest BCUT2D eigenvalue weighted by atomic mass is 16.3. The molecular weight excluding hydrogens is 366 g/mol. The molecule has 0 bridgehead atoms. The maximum atomic E-state index is 12.2. The zero-order valence-electron chi connectivity index (χ0n) is 17.1. The monoisotopic (exact) mass is 394 g/mol. The van der Waals surface area contributed by atoms with Gasteiger partial charge in [-0.1, -0.05) is 6.07 Å². The Labute approximate surface area is 170 Å². The number of quaternary nitrogens is 1. The van der Waals surface area contributed by atoms with Crippen LogP contribution in [0.4, 0.5) is 11.5 Å². The molecule has 0 amide bonds. The van der Waals surface area contributed by atoms with E-state index in [4.69, 9.17) is 10.1 Å². The summed E-state index contributed by atoms with van der Waals surface area (Å²) >= 11 is 0. The van der Waals surface area contributed by atoms with Crippen molar-refractivity contribution in [2.75, 3.05) is 33.3 Å². The predicted octanol–water partition coefficient (Wildman–Crippen LogP) is 2.52. The number of hydrogen-bond donors (Lipinski definition) is 2. The third-order valence-electron chi connectivity index (χ3n) is 5.76. The maximum absolute atomic E-state index is 12.2. The highest BCUT2D eigenvalue weighted by Gasteiger charge is 2.34. The van der Waals surface area contributed by atoms with E-state index in [1.165, 1.54) is 19.3 Å². The molecule has 0 atom stereocenters. The highest BCUT2D eigenvalue weighted by molar-refractivity contribution is 6.22. The third-order valence-corrected chi connectivity index (χ3v) is 5.76. The van der Waals surface area contributed by atoms with Gasteiger partial charge in [0, 0.05) is 18.8 Å². The number of fused-ring (bicyclic) bond motifs is 1. The van der Waals surface area contributed by atoms with Crippen molar-refractivity contribution in [3.63, 3.8) is 0 Å². The first-order chi connectivity index (χ1) is 14.0. The van der Waals surface area contributed by atoms with Gasteiger partial charge in [-0.15, -0.1) is 5.10 Å². The molecule has 7 heteroatoms. The van der Waals surface area contributed by atoms with Gasteiger partial charge in [0.2, 0.25) is 0 Å². The quantitative estimate of drug-likeness (QED) is 0.603. The number of likely N-dealkylation sites (tertiary alicyclic amines) is 1. The van der Waals surface area contributed by atoms with Crippen LogP contribution in [-0.2, 0) is 4.79 Å². The molecule has 0 unspecified atom stereocenters. The van der Waals surface area contributed by atoms with E-state index in [9.17, 15) is 9.90 Å². The molecule has 3 heterocycles. The fraction of sp³-hybridized carbons (Fsp3) is 0.409. The smallest absolute Gasteiger partial charge is 0.273 e. The van der Waals surface area contributed by atoms with E-state index < -0.39 is 0 Å². The predicted molar refractivity (Wildman–Crippen MR) is 116 cm³/mol. The van der Waals surface area contributed by atoms with Gasteiger partial charge in [0.1, 0.15) is 0 Å². The number of pyridine rings is 1. The molecular formula is C22H28N5O2+. The number of ketones is 1. The van der Waals surface area contributed by atoms with Gasteiger partial charge in [-0.25, -0.2) is 9.51 Å². The van der Waals surface area contributed by atoms with Crippen LogP contribution in [0.3, 0.4) is 0 Å². The van der Waals surface area contributed by atoms with Crippen molar-refractivity contribution in [3.05, 3.63) is 47.8 Å². The zero-order chi connectivity index (χ0) is 20.4. The summed E-state index contributed by atoms with van der Waals surface area (Å²) in [7, 11) is 2.23. The molecule has 1 fully saturated rings. The number of nitrogens with zero attached hydrogens (tertiary/aromatic N) is 4. The molecule has 0 aromatic carbocycles. The number of carbonyl (C=O) groups excluding carboxylic acids is 1. The van der Waals surface area contributed by atoms with E-state index in [0.717, 1.165) is 34.6 Å². The average Bonchev–Trinajstić information content (AvgIpc) is 3.09. The first-order valence-electron chi connectivity index (χ1n) is 10.2. The first-order valence-corrected chi connectivity index (χ1v) is 10.2. The Morgan fingerprint density at radius 1 is 1.24 bits per heavy atom. The van der Waals surface area contributed by atoms with Crippen molar-refractivity contribution >= 4 is 28.5 Å². The summed E-state index contributed by atoms with van der Waals surface area (Å²) in [5, 5.41) is 17.2. The molecule has 29 heavy (non-hydrogen) atoms. The summed E-state index contributed by atoms with van der Waals surface area (Å²) < 4.78 is 2.65. The molecule has 152 valence electrons. The summed E-state index contributed by atoms with van der Waals surface area (Å²) in [6.45, 7) is 4.23. The first kappa shape index (κ1) is 19.5. The van der Waals surface area contributed by atoms with Crippen LogP contribution in [0, 0.1) is 0 Å². The lowest BCUT2D eigenvalue weighted by Crippen LogP contribution is -2.49. The molecule has 0 spiro atoms. The van der Waals surface area contributed by atoms with Gasteiger partial charge >= 0.3 is 0 Å². The molecule has 2 aliphatic rings. The summed E-state index contributed by atoms with van der Waals surface area (Å²) in [6.07, 6.45) is 8.94. The second-order valence-corrected chi connectivity index (χ2v) is 8.00. The molecule has 2 aromatic rings. The van der Waals surface area contributed by atoms with Crippen LogP contribution in [0.2, 0.25) is 0 Å². The standard InChI is InChI=1S/C22H27N5O2/c1-16-14-18(17(15-20(16)29)23-9-13-28)24-21-19-8-4-5-10-26(19)25-22(21)27(2)11-6-3-7-12-27/h4-5,8,10,14-15,28H,3,6-7,9,11-13H2,1-2H3/p+1. The van der Waals surface area contributed by atoms with Gasteiger partial charge in [-0.05, 0) is 50.0 Å². The van der Waals surface area contributed by atoms with E-state index in [0.29, 0.717) is 23.5 Å². The van der Waals surface area contributed by atoms with Crippen LogP contribution in [0.1, 0.15) is 26.2 Å². The fourth-order valence-corrected chi connectivity index (χ4v) is 4.08. The van der Waals surface area contributed by atoms with Gasteiger partial charge in [-0.2, -0.15) is 0 Å². The van der Waals surface area contributed by atoms with Crippen molar-refractivity contribution in [2.45, 2.75) is 26.2 Å². The lowest BCUT2D eigenvalue weighted by Gasteiger charge is -2.35. The van der Waals surface area contributed by atoms with Crippen LogP contribution in [0.15, 0.2) is 52.8 Å². The number of aliphatic hydroxyl groups is 1. The van der Waals surface area contributed by atoms with E-state index in [2.05, 4.69) is 12.4 Å². The molecule has 0 radical (unpaired) electrons. The van der Waals surface area contributed by atoms with Crippen LogP contribution in [0.25, 0.3) is 5.52 Å². The Kier molecular flexibility index (Phi) is 5.34. The third kappa shape index (κ3) is 3.75. The lowest BCUT2D eigenvalue weighted by molar-refractivity contribution is -0.111. The lowest BCUT2D eigenvalue weighted by atomic mass is 10.0. The van der Waals surface area contributed by atoms with E-state index in [1.807, 2.05) is 35.0 Å². The topological polar surface area (TPSA) is 79.0 Å². The zero-order valence-corrected chi connectivity index (χ0v) is 17.1. The van der Waals surface area contributed by atoms with Crippen molar-refractivity contribution in [1.82, 2.24) is 19.4 Å². The van der Waals surface area contributed by atoms with Crippen LogP contribution in [-0.4, -0.2) is 59.5 Å². The molecule has 2 N–H and O–H groups in total. The Morgan fingerprint density at radius 2 is 2.03 bits per heavy atom. The maximum Gasteiger partial charge on any atom is 0.273 e. The van der Waals surface area contributed by atoms with Crippen molar-refractivity contribution in [1.29, 1.82) is 0 Å². The van der Waals surface area contributed by atoms with Gasteiger partial charge in [0.15, 0.2) is 11.5 Å². The fourth-order valence-electron chi connectivity index (χ4n) is 4.08. The van der Waals surface area contributed by atoms with Crippen molar-refractivity contribution in [3.8, 4) is 0 Å². The summed E-state index contributed by atoms with van der Waals surface area (Å²) in [5.41, 5.74) is 3.77. The molecule has 4 rings (SSSR count). The van der Waals surface area contributed by atoms with Gasteiger partial charge in [-0.3, -0.25) is 9.28 Å². The number of nitrogens with one attached hydrogen (secondary N) is 1. The summed E-state index contributed by atoms with van der Waals surface area (Å²) in [6, 6.07) is 5.99. The van der Waals surface area contributed by atoms with Crippen LogP contribution >= 0.6 is 0 Å². The second-order valence-electron chi connectivity index (χ2n) is 8.00. The Morgan fingerprint density at radius 3 is 2.79 bits per heavy atom. The Bertz CT molecular complexity index is 1020. The van der Waals surface area contributed by atoms with Gasteiger partial charge in [0.05, 0.1) is 43.7 Å². The minimum atomic E-state index is -0.0421. The molecule has 0 saturated carbocycles. The number of carbonyl (C=O) groups is 1. The number of allylic oxidation sites excluding steroid dienone is 3. The molecule has 7 nitrogen and oxygen atoms in total. The summed E-state index contributed by atoms with van der Waals surface area (Å²) in [4.78, 5) is 17.2. The molecule has 1 saturated heterocycles. The average molecular weight is 394 g/mol. The molecule has 1 aliphatic carbocycles. The van der Waals surface area contributed by atoms with Gasteiger partial charge in [0.25, 0.3) is 5.82 Å². The SMILES string of the molecule is CC1=CC(=Nc2c([N+]3(C)CCCCC3)nn3ccccc23)C(NCCO)=CC1=O. The minimum Gasteiger partial charge on any atom is -0.395 e. The van der Waals surface area contributed by atoms with E-state index in [1.54, 1.807) is 13.0 Å². The van der Waals surface area contributed by atoms with Gasteiger partial charge < -0.3 is 10.4 Å². The second kappa shape index (κ2) is 7.93. The van der Waals surface area contributed by atoms with E-state index in [-0.39, 0.29) is 12.4 Å². The normalized spacial score (nSPS) is 20.7.